The van der Waals surface area contributed by atoms with E-state index in [1.165, 1.54) is 0 Å². The molecule has 0 unspecified atom stereocenters. The Kier molecular flexibility index (Phi) is 3.73. The lowest BCUT2D eigenvalue weighted by Crippen LogP contribution is -2.27. The standard InChI is InChI=1S/C19H16BrN3O/c20-15-5-1-4-14(12-15)19(8-9-19)18(24)22-16-6-2-7-17(13-16)23-11-3-10-21-23/h1-7,10-13H,8-9H2,(H,22,24). The summed E-state index contributed by atoms with van der Waals surface area (Å²) in [5.74, 6) is 0.0539. The molecule has 0 atom stereocenters. The van der Waals surface area contributed by atoms with Crippen molar-refractivity contribution >= 4 is 27.5 Å². The molecule has 2 aromatic carbocycles. The van der Waals surface area contributed by atoms with Gasteiger partial charge in [0.2, 0.25) is 5.91 Å². The minimum Gasteiger partial charge on any atom is -0.325 e. The third-order valence-electron chi connectivity index (χ3n) is 4.43. The number of carbonyl (C=O) groups is 1. The summed E-state index contributed by atoms with van der Waals surface area (Å²) in [7, 11) is 0. The van der Waals surface area contributed by atoms with E-state index in [1.54, 1.807) is 10.9 Å². The Hall–Kier alpha value is -2.40. The number of anilines is 1. The largest absolute Gasteiger partial charge is 0.325 e. The average Bonchev–Trinajstić information content (AvgIpc) is 3.22. The van der Waals surface area contributed by atoms with Crippen LogP contribution in [0, 0.1) is 0 Å². The second kappa shape index (κ2) is 5.91. The Morgan fingerprint density at radius 2 is 1.96 bits per heavy atom. The zero-order valence-electron chi connectivity index (χ0n) is 12.9. The topological polar surface area (TPSA) is 46.9 Å². The van der Waals surface area contributed by atoms with Gasteiger partial charge in [-0.25, -0.2) is 4.68 Å². The van der Waals surface area contributed by atoms with Crippen molar-refractivity contribution in [1.82, 2.24) is 9.78 Å². The Morgan fingerprint density at radius 1 is 1.12 bits per heavy atom. The molecule has 1 aliphatic carbocycles. The van der Waals surface area contributed by atoms with E-state index < -0.39 is 5.41 Å². The van der Waals surface area contributed by atoms with E-state index in [1.807, 2.05) is 60.8 Å². The molecule has 0 saturated heterocycles. The first-order valence-corrected chi connectivity index (χ1v) is 8.64. The van der Waals surface area contributed by atoms with E-state index in [9.17, 15) is 4.79 Å². The number of benzene rings is 2. The molecular weight excluding hydrogens is 366 g/mol. The molecule has 1 amide bonds. The minimum absolute atomic E-state index is 0.0539. The fourth-order valence-electron chi connectivity index (χ4n) is 2.96. The van der Waals surface area contributed by atoms with Crippen LogP contribution in [0.5, 0.6) is 0 Å². The van der Waals surface area contributed by atoms with Crippen molar-refractivity contribution in [2.45, 2.75) is 18.3 Å². The van der Waals surface area contributed by atoms with Gasteiger partial charge in [0, 0.05) is 22.6 Å². The van der Waals surface area contributed by atoms with Crippen molar-refractivity contribution < 1.29 is 4.79 Å². The van der Waals surface area contributed by atoms with Gasteiger partial charge in [0.1, 0.15) is 0 Å². The van der Waals surface area contributed by atoms with Crippen molar-refractivity contribution in [3.8, 4) is 5.69 Å². The smallest absolute Gasteiger partial charge is 0.235 e. The van der Waals surface area contributed by atoms with Crippen LogP contribution in [0.15, 0.2) is 71.5 Å². The van der Waals surface area contributed by atoms with Gasteiger partial charge in [-0.1, -0.05) is 34.1 Å². The molecule has 1 aliphatic rings. The van der Waals surface area contributed by atoms with Crippen LogP contribution in [0.2, 0.25) is 0 Å². The van der Waals surface area contributed by atoms with Gasteiger partial charge in [0.15, 0.2) is 0 Å². The zero-order chi connectivity index (χ0) is 16.6. The Labute approximate surface area is 148 Å². The molecular formula is C19H16BrN3O. The monoisotopic (exact) mass is 381 g/mol. The second-order valence-electron chi connectivity index (χ2n) is 6.05. The molecule has 1 heterocycles. The van der Waals surface area contributed by atoms with Crippen LogP contribution in [0.3, 0.4) is 0 Å². The maximum atomic E-state index is 12.9. The SMILES string of the molecule is O=C(Nc1cccc(-n2cccn2)c1)C1(c2cccc(Br)c2)CC1. The van der Waals surface area contributed by atoms with Crippen molar-refractivity contribution in [1.29, 1.82) is 0 Å². The fraction of sp³-hybridized carbons (Fsp3) is 0.158. The lowest BCUT2D eigenvalue weighted by Gasteiger charge is -2.16. The van der Waals surface area contributed by atoms with E-state index in [0.29, 0.717) is 0 Å². The highest BCUT2D eigenvalue weighted by Crippen LogP contribution is 2.49. The van der Waals surface area contributed by atoms with Crippen LogP contribution >= 0.6 is 15.9 Å². The molecule has 5 heteroatoms. The maximum absolute atomic E-state index is 12.9. The predicted octanol–water partition coefficient (Wildman–Crippen LogP) is 4.31. The second-order valence-corrected chi connectivity index (χ2v) is 6.96. The fourth-order valence-corrected chi connectivity index (χ4v) is 3.36. The van der Waals surface area contributed by atoms with Crippen molar-refractivity contribution in [2.75, 3.05) is 5.32 Å². The molecule has 24 heavy (non-hydrogen) atoms. The third kappa shape index (κ3) is 2.76. The zero-order valence-corrected chi connectivity index (χ0v) is 14.5. The van der Waals surface area contributed by atoms with Crippen LogP contribution in [-0.4, -0.2) is 15.7 Å². The lowest BCUT2D eigenvalue weighted by molar-refractivity contribution is -0.118. The number of rotatable bonds is 4. The van der Waals surface area contributed by atoms with Crippen LogP contribution in [0.4, 0.5) is 5.69 Å². The molecule has 120 valence electrons. The molecule has 1 saturated carbocycles. The Balaban J connectivity index is 1.58. The van der Waals surface area contributed by atoms with Crippen LogP contribution in [0.1, 0.15) is 18.4 Å². The van der Waals surface area contributed by atoms with E-state index in [4.69, 9.17) is 0 Å². The summed E-state index contributed by atoms with van der Waals surface area (Å²) in [6.45, 7) is 0. The summed E-state index contributed by atoms with van der Waals surface area (Å²) in [4.78, 5) is 12.9. The van der Waals surface area contributed by atoms with Gasteiger partial charge in [0.05, 0.1) is 11.1 Å². The first-order chi connectivity index (χ1) is 11.7. The highest BCUT2D eigenvalue weighted by Gasteiger charge is 2.51. The summed E-state index contributed by atoms with van der Waals surface area (Å²) in [5, 5.41) is 7.29. The molecule has 0 aliphatic heterocycles. The Morgan fingerprint density at radius 3 is 2.67 bits per heavy atom. The number of nitrogens with zero attached hydrogens (tertiary/aromatic N) is 2. The lowest BCUT2D eigenvalue weighted by atomic mass is 9.95. The molecule has 0 bridgehead atoms. The normalized spacial score (nSPS) is 15.0. The van der Waals surface area contributed by atoms with E-state index in [0.717, 1.165) is 34.3 Å². The Bertz CT molecular complexity index is 885. The molecule has 1 aromatic heterocycles. The molecule has 0 spiro atoms. The molecule has 1 fully saturated rings. The van der Waals surface area contributed by atoms with Crippen LogP contribution in [-0.2, 0) is 10.2 Å². The van der Waals surface area contributed by atoms with Gasteiger partial charge >= 0.3 is 0 Å². The van der Waals surface area contributed by atoms with Crippen molar-refractivity contribution in [3.05, 3.63) is 77.0 Å². The number of nitrogens with one attached hydrogen (secondary N) is 1. The van der Waals surface area contributed by atoms with Crippen molar-refractivity contribution in [3.63, 3.8) is 0 Å². The minimum atomic E-state index is -0.397. The number of hydrogen-bond donors (Lipinski definition) is 1. The highest BCUT2D eigenvalue weighted by molar-refractivity contribution is 9.10. The van der Waals surface area contributed by atoms with Gasteiger partial charge < -0.3 is 5.32 Å². The van der Waals surface area contributed by atoms with Gasteiger partial charge in [-0.3, -0.25) is 4.79 Å². The summed E-state index contributed by atoms with van der Waals surface area (Å²) >= 11 is 3.49. The average molecular weight is 382 g/mol. The summed E-state index contributed by atoms with van der Waals surface area (Å²) in [5.41, 5.74) is 2.38. The van der Waals surface area contributed by atoms with Crippen molar-refractivity contribution in [2.24, 2.45) is 0 Å². The van der Waals surface area contributed by atoms with E-state index in [-0.39, 0.29) is 5.91 Å². The van der Waals surface area contributed by atoms with Crippen LogP contribution < -0.4 is 5.32 Å². The quantitative estimate of drug-likeness (QED) is 0.731. The number of carbonyl (C=O) groups excluding carboxylic acids is 1. The number of hydrogen-bond acceptors (Lipinski definition) is 2. The van der Waals surface area contributed by atoms with Gasteiger partial charge in [-0.15, -0.1) is 0 Å². The maximum Gasteiger partial charge on any atom is 0.235 e. The number of halogens is 1. The number of aromatic nitrogens is 2. The molecule has 4 rings (SSSR count). The van der Waals surface area contributed by atoms with Gasteiger partial charge in [-0.2, -0.15) is 5.10 Å². The molecule has 3 aromatic rings. The van der Waals surface area contributed by atoms with Gasteiger partial charge in [-0.05, 0) is 54.8 Å². The molecule has 0 radical (unpaired) electrons. The first kappa shape index (κ1) is 15.1. The van der Waals surface area contributed by atoms with E-state index >= 15 is 0 Å². The summed E-state index contributed by atoms with van der Waals surface area (Å²) < 4.78 is 2.77. The number of amides is 1. The predicted molar refractivity (Wildman–Crippen MR) is 97.2 cm³/mol. The third-order valence-corrected chi connectivity index (χ3v) is 4.93. The van der Waals surface area contributed by atoms with Gasteiger partial charge in [0.25, 0.3) is 0 Å². The summed E-state index contributed by atoms with van der Waals surface area (Å²) in [6.07, 6.45) is 5.38. The highest BCUT2D eigenvalue weighted by atomic mass is 79.9. The van der Waals surface area contributed by atoms with E-state index in [2.05, 4.69) is 26.3 Å². The summed E-state index contributed by atoms with van der Waals surface area (Å²) in [6, 6.07) is 17.6. The first-order valence-electron chi connectivity index (χ1n) is 7.85. The molecule has 1 N–H and O–H groups in total. The van der Waals surface area contributed by atoms with Crippen LogP contribution in [0.25, 0.3) is 5.69 Å². The molecule has 4 nitrogen and oxygen atoms in total.